The number of piperidine rings is 1. The van der Waals surface area contributed by atoms with Gasteiger partial charge in [-0.25, -0.2) is 8.42 Å². The fraction of sp³-hybridized carbons (Fsp3) is 0.375. The summed E-state index contributed by atoms with van der Waals surface area (Å²) in [6.07, 6.45) is -1.33. The zero-order valence-corrected chi connectivity index (χ0v) is 18.7. The summed E-state index contributed by atoms with van der Waals surface area (Å²) in [7, 11) is -3.81. The average molecular weight is 463 g/mol. The minimum absolute atomic E-state index is 0.0725. The van der Waals surface area contributed by atoms with Gasteiger partial charge in [-0.3, -0.25) is 4.98 Å². The summed E-state index contributed by atoms with van der Waals surface area (Å²) in [6, 6.07) is 13.8. The van der Waals surface area contributed by atoms with Crippen molar-refractivity contribution in [1.82, 2.24) is 4.98 Å². The number of rotatable bonds is 4. The summed E-state index contributed by atoms with van der Waals surface area (Å²) in [5.41, 5.74) is 1.08. The Hall–Kier alpha value is -2.61. The van der Waals surface area contributed by atoms with Gasteiger partial charge in [0.25, 0.3) is 0 Å². The Balaban J connectivity index is 1.50. The molecule has 1 aliphatic rings. The van der Waals surface area contributed by atoms with Crippen LogP contribution in [0.3, 0.4) is 0 Å². The van der Waals surface area contributed by atoms with Crippen LogP contribution in [0.4, 0.5) is 18.9 Å². The van der Waals surface area contributed by atoms with E-state index in [4.69, 9.17) is 0 Å². The molecule has 0 spiro atoms. The number of alkyl halides is 3. The molecule has 4 nitrogen and oxygen atoms in total. The smallest absolute Gasteiger partial charge is 0.370 e. The number of halogens is 3. The van der Waals surface area contributed by atoms with Crippen molar-refractivity contribution in [3.63, 3.8) is 0 Å². The molecule has 8 heteroatoms. The van der Waals surface area contributed by atoms with E-state index in [0.717, 1.165) is 40.9 Å². The zero-order valence-electron chi connectivity index (χ0n) is 17.9. The van der Waals surface area contributed by atoms with Gasteiger partial charge < -0.3 is 4.90 Å². The SMILES string of the molecule is CC(C)(C1CCN(c2cnc3ccccc3c2)CC1)S(=O)(=O)c1ccc(C(F)(F)F)cc1. The maximum atomic E-state index is 13.3. The molecule has 1 aromatic heterocycles. The number of fused-ring (bicyclic) bond motifs is 1. The largest absolute Gasteiger partial charge is 0.416 e. The quantitative estimate of drug-likeness (QED) is 0.497. The minimum atomic E-state index is -4.50. The number of anilines is 1. The maximum absolute atomic E-state index is 13.3. The van der Waals surface area contributed by atoms with E-state index in [9.17, 15) is 21.6 Å². The van der Waals surface area contributed by atoms with Crippen LogP contribution in [0.1, 0.15) is 32.3 Å². The van der Waals surface area contributed by atoms with Crippen molar-refractivity contribution in [2.45, 2.75) is 42.5 Å². The lowest BCUT2D eigenvalue weighted by Gasteiger charge is -2.41. The van der Waals surface area contributed by atoms with Gasteiger partial charge in [0, 0.05) is 18.5 Å². The third kappa shape index (κ3) is 4.08. The Labute approximate surface area is 186 Å². The molecule has 0 radical (unpaired) electrons. The number of hydrogen-bond donors (Lipinski definition) is 0. The van der Waals surface area contributed by atoms with Crippen LogP contribution in [0.5, 0.6) is 0 Å². The molecule has 3 aromatic rings. The maximum Gasteiger partial charge on any atom is 0.416 e. The summed E-state index contributed by atoms with van der Waals surface area (Å²) in [5.74, 6) is -0.112. The van der Waals surface area contributed by atoms with Gasteiger partial charge in [-0.05, 0) is 69.0 Å². The van der Waals surface area contributed by atoms with E-state index in [1.807, 2.05) is 30.5 Å². The first-order valence-corrected chi connectivity index (χ1v) is 12.0. The van der Waals surface area contributed by atoms with Crippen molar-refractivity contribution < 1.29 is 21.6 Å². The summed E-state index contributed by atoms with van der Waals surface area (Å²) in [6.45, 7) is 4.74. The lowest BCUT2D eigenvalue weighted by atomic mass is 9.85. The van der Waals surface area contributed by atoms with Gasteiger partial charge in [0.1, 0.15) is 0 Å². The third-order valence-corrected chi connectivity index (χ3v) is 9.22. The molecule has 0 saturated carbocycles. The van der Waals surface area contributed by atoms with Crippen LogP contribution in [0.15, 0.2) is 65.7 Å². The van der Waals surface area contributed by atoms with Crippen LogP contribution < -0.4 is 4.90 Å². The highest BCUT2D eigenvalue weighted by Crippen LogP contribution is 2.39. The van der Waals surface area contributed by atoms with Crippen molar-refractivity contribution >= 4 is 26.4 Å². The predicted molar refractivity (Wildman–Crippen MR) is 119 cm³/mol. The Kier molecular flexibility index (Phi) is 5.69. The molecule has 0 bridgehead atoms. The lowest BCUT2D eigenvalue weighted by Crippen LogP contribution is -2.46. The molecule has 0 N–H and O–H groups in total. The Bertz CT molecular complexity index is 1210. The molecule has 170 valence electrons. The molecule has 0 amide bonds. The zero-order chi connectivity index (χ0) is 23.1. The van der Waals surface area contributed by atoms with Crippen molar-refractivity contribution in [1.29, 1.82) is 0 Å². The number of nitrogens with zero attached hydrogens (tertiary/aromatic N) is 2. The van der Waals surface area contributed by atoms with Gasteiger partial charge in [-0.15, -0.1) is 0 Å². The Morgan fingerprint density at radius 1 is 0.969 bits per heavy atom. The van der Waals surface area contributed by atoms with Crippen molar-refractivity contribution in [3.8, 4) is 0 Å². The van der Waals surface area contributed by atoms with Crippen LogP contribution >= 0.6 is 0 Å². The number of sulfone groups is 1. The number of para-hydroxylation sites is 1. The highest BCUT2D eigenvalue weighted by atomic mass is 32.2. The van der Waals surface area contributed by atoms with E-state index < -0.39 is 26.3 Å². The molecule has 0 aliphatic carbocycles. The van der Waals surface area contributed by atoms with E-state index >= 15 is 0 Å². The Morgan fingerprint density at radius 2 is 1.59 bits per heavy atom. The number of aromatic nitrogens is 1. The van der Waals surface area contributed by atoms with Crippen LogP contribution in [0.25, 0.3) is 10.9 Å². The first-order valence-electron chi connectivity index (χ1n) is 10.5. The van der Waals surface area contributed by atoms with Gasteiger partial charge in [0.2, 0.25) is 0 Å². The second-order valence-corrected chi connectivity index (χ2v) is 11.3. The predicted octanol–water partition coefficient (Wildman–Crippen LogP) is 5.72. The summed E-state index contributed by atoms with van der Waals surface area (Å²) >= 11 is 0. The standard InChI is InChI=1S/C24H25F3N2O2S/c1-23(2,32(30,31)21-9-7-19(8-10-21)24(25,26)27)18-11-13-29(14-12-18)20-15-17-5-3-4-6-22(17)28-16-20/h3-10,15-16,18H,11-14H2,1-2H3. The molecule has 32 heavy (non-hydrogen) atoms. The van der Waals surface area contributed by atoms with Gasteiger partial charge in [-0.1, -0.05) is 18.2 Å². The van der Waals surface area contributed by atoms with Gasteiger partial charge in [0.05, 0.1) is 32.6 Å². The van der Waals surface area contributed by atoms with E-state index in [-0.39, 0.29) is 10.8 Å². The monoisotopic (exact) mass is 462 g/mol. The van der Waals surface area contributed by atoms with Crippen molar-refractivity contribution in [2.75, 3.05) is 18.0 Å². The highest BCUT2D eigenvalue weighted by Gasteiger charge is 2.44. The number of pyridine rings is 1. The Morgan fingerprint density at radius 3 is 2.22 bits per heavy atom. The molecule has 1 fully saturated rings. The first-order chi connectivity index (χ1) is 15.0. The molecular formula is C24H25F3N2O2S. The van der Waals surface area contributed by atoms with Crippen molar-refractivity contribution in [2.24, 2.45) is 5.92 Å². The van der Waals surface area contributed by atoms with E-state index in [0.29, 0.717) is 25.9 Å². The molecule has 4 rings (SSSR count). The molecular weight excluding hydrogens is 437 g/mol. The lowest BCUT2D eigenvalue weighted by molar-refractivity contribution is -0.137. The van der Waals surface area contributed by atoms with Gasteiger partial charge >= 0.3 is 6.18 Å². The van der Waals surface area contributed by atoms with Crippen LogP contribution in [-0.2, 0) is 16.0 Å². The molecule has 1 aliphatic heterocycles. The normalized spacial score (nSPS) is 16.5. The van der Waals surface area contributed by atoms with Crippen LogP contribution in [0, 0.1) is 5.92 Å². The first kappa shape index (κ1) is 22.6. The summed E-state index contributed by atoms with van der Waals surface area (Å²) in [5, 5.41) is 1.05. The molecule has 0 atom stereocenters. The molecule has 2 heterocycles. The average Bonchev–Trinajstić information content (AvgIpc) is 2.78. The fourth-order valence-corrected chi connectivity index (χ4v) is 6.19. The third-order valence-electron chi connectivity index (χ3n) is 6.60. The number of hydrogen-bond acceptors (Lipinski definition) is 4. The molecule has 1 saturated heterocycles. The van der Waals surface area contributed by atoms with Gasteiger partial charge in [-0.2, -0.15) is 13.2 Å². The molecule has 2 aromatic carbocycles. The topological polar surface area (TPSA) is 50.3 Å². The van der Waals surface area contributed by atoms with Gasteiger partial charge in [0.15, 0.2) is 9.84 Å². The van der Waals surface area contributed by atoms with E-state index in [1.54, 1.807) is 13.8 Å². The van der Waals surface area contributed by atoms with E-state index in [1.165, 1.54) is 0 Å². The summed E-state index contributed by atoms with van der Waals surface area (Å²) in [4.78, 5) is 6.64. The number of benzene rings is 2. The highest BCUT2D eigenvalue weighted by molar-refractivity contribution is 7.92. The fourth-order valence-electron chi connectivity index (χ4n) is 4.41. The second-order valence-electron chi connectivity index (χ2n) is 8.78. The second kappa shape index (κ2) is 8.06. The van der Waals surface area contributed by atoms with Crippen molar-refractivity contribution in [3.05, 3.63) is 66.4 Å². The summed E-state index contributed by atoms with van der Waals surface area (Å²) < 4.78 is 64.1. The molecule has 0 unspecified atom stereocenters. The van der Waals surface area contributed by atoms with Crippen LogP contribution in [0.2, 0.25) is 0 Å². The van der Waals surface area contributed by atoms with Crippen LogP contribution in [-0.4, -0.2) is 31.2 Å². The van der Waals surface area contributed by atoms with E-state index in [2.05, 4.69) is 16.0 Å². The minimum Gasteiger partial charge on any atom is -0.370 e.